The third-order valence-corrected chi connectivity index (χ3v) is 10.4. The van der Waals surface area contributed by atoms with Gasteiger partial charge in [0.15, 0.2) is 0 Å². The Kier molecular flexibility index (Phi) is 7.65. The molecule has 0 saturated heterocycles. The Hall–Kier alpha value is -0.850. The molecule has 0 N–H and O–H groups in total. The maximum Gasteiger partial charge on any atom is 0.136 e. The monoisotopic (exact) mass is 426 g/mol. The molecule has 4 aliphatic carbocycles. The third-order valence-electron chi connectivity index (χ3n) is 10.4. The van der Waals surface area contributed by atoms with Crippen molar-refractivity contribution in [3.05, 3.63) is 22.8 Å². The lowest BCUT2D eigenvalue weighted by Crippen LogP contribution is -2.56. The first-order valence-electron chi connectivity index (χ1n) is 13.5. The van der Waals surface area contributed by atoms with Gasteiger partial charge in [-0.05, 0) is 113 Å². The van der Waals surface area contributed by atoms with Crippen molar-refractivity contribution >= 4 is 5.78 Å². The molecule has 0 spiro atoms. The molecule has 7 atom stereocenters. The molecule has 0 aromatic carbocycles. The lowest BCUT2D eigenvalue weighted by atomic mass is 9.42. The maximum absolute atomic E-state index is 12.4. The number of rotatable bonds is 3. The van der Waals surface area contributed by atoms with E-state index >= 15 is 0 Å². The minimum atomic E-state index is 0.302. The summed E-state index contributed by atoms with van der Waals surface area (Å²) in [4.78, 5) is 12.4. The molecule has 4 fully saturated rings. The minimum Gasteiger partial charge on any atom is -0.299 e. The summed E-state index contributed by atoms with van der Waals surface area (Å²) < 4.78 is 0. The Balaban J connectivity index is 0.00000132. The number of carbonyl (C=O) groups is 1. The fraction of sp³-hybridized carbons (Fsp3) is 0.833. The van der Waals surface area contributed by atoms with E-state index in [2.05, 4.69) is 47.6 Å². The largest absolute Gasteiger partial charge is 0.299 e. The van der Waals surface area contributed by atoms with E-state index in [1.54, 1.807) is 5.57 Å². The highest BCUT2D eigenvalue weighted by Gasteiger charge is 2.61. The second kappa shape index (κ2) is 9.56. The highest BCUT2D eigenvalue weighted by molar-refractivity contribution is 5.82. The first-order valence-corrected chi connectivity index (χ1v) is 13.5. The quantitative estimate of drug-likeness (QED) is 0.412. The highest BCUT2D eigenvalue weighted by atomic mass is 16.1. The molecule has 31 heavy (non-hydrogen) atoms. The predicted octanol–water partition coefficient (Wildman–Crippen LogP) is 8.93. The van der Waals surface area contributed by atoms with E-state index in [4.69, 9.17) is 0 Å². The van der Waals surface area contributed by atoms with Crippen LogP contribution in [0.5, 0.6) is 0 Å². The number of fused-ring (bicyclic) bond motifs is 5. The van der Waals surface area contributed by atoms with Crippen molar-refractivity contribution in [2.45, 2.75) is 120 Å². The first kappa shape index (κ1) is 24.8. The van der Waals surface area contributed by atoms with Crippen LogP contribution in [0, 0.1) is 40.4 Å². The molecule has 1 heteroatoms. The fourth-order valence-corrected chi connectivity index (χ4v) is 8.67. The van der Waals surface area contributed by atoms with Crippen LogP contribution in [0.4, 0.5) is 0 Å². The Labute approximate surface area is 193 Å². The molecule has 0 aromatic rings. The van der Waals surface area contributed by atoms with E-state index in [1.165, 1.54) is 56.9 Å². The van der Waals surface area contributed by atoms with Gasteiger partial charge in [0.05, 0.1) is 0 Å². The number of carbonyl (C=O) groups excluding carboxylic acids is 1. The zero-order valence-electron chi connectivity index (χ0n) is 21.9. The standard InChI is InChI=1S/C28H44O.C2H6/c1-18(2)8-7-9-19(3)21-14-16-28(6)23(21)11-13-24-25(28)12-10-22-20(4)26(29)15-17-27(22,24)5;1-2/h8,20,22-25H,7,9-17H2,1-6H3;1-2H3/b21-19-;/t20-,22?,23?,24-,25?,27+,28+;/m1./s1. The van der Waals surface area contributed by atoms with E-state index in [0.717, 1.165) is 30.6 Å². The molecule has 0 amide bonds. The van der Waals surface area contributed by atoms with Crippen LogP contribution < -0.4 is 0 Å². The van der Waals surface area contributed by atoms with Gasteiger partial charge in [0.2, 0.25) is 0 Å². The topological polar surface area (TPSA) is 17.1 Å². The predicted molar refractivity (Wildman–Crippen MR) is 134 cm³/mol. The minimum absolute atomic E-state index is 0.302. The Morgan fingerprint density at radius 1 is 0.903 bits per heavy atom. The second-order valence-corrected chi connectivity index (χ2v) is 11.9. The van der Waals surface area contributed by atoms with Crippen molar-refractivity contribution in [2.75, 3.05) is 0 Å². The fourth-order valence-electron chi connectivity index (χ4n) is 8.67. The molecule has 0 bridgehead atoms. The smallest absolute Gasteiger partial charge is 0.136 e. The van der Waals surface area contributed by atoms with Crippen LogP contribution in [-0.2, 0) is 4.79 Å². The van der Waals surface area contributed by atoms with Gasteiger partial charge < -0.3 is 0 Å². The van der Waals surface area contributed by atoms with Crippen molar-refractivity contribution in [2.24, 2.45) is 40.4 Å². The third kappa shape index (κ3) is 4.24. The summed E-state index contributed by atoms with van der Waals surface area (Å²) in [5, 5.41) is 0. The first-order chi connectivity index (χ1) is 14.7. The van der Waals surface area contributed by atoms with Crippen LogP contribution in [0.3, 0.4) is 0 Å². The van der Waals surface area contributed by atoms with Gasteiger partial charge in [-0.2, -0.15) is 0 Å². The van der Waals surface area contributed by atoms with Crippen molar-refractivity contribution in [3.8, 4) is 0 Å². The lowest BCUT2D eigenvalue weighted by Gasteiger charge is -2.62. The number of hydrogen-bond acceptors (Lipinski definition) is 1. The molecule has 4 saturated carbocycles. The van der Waals surface area contributed by atoms with Gasteiger partial charge in [0, 0.05) is 12.3 Å². The summed E-state index contributed by atoms with van der Waals surface area (Å²) >= 11 is 0. The summed E-state index contributed by atoms with van der Waals surface area (Å²) in [7, 11) is 0. The van der Waals surface area contributed by atoms with Crippen LogP contribution in [0.15, 0.2) is 22.8 Å². The van der Waals surface area contributed by atoms with Crippen LogP contribution in [0.1, 0.15) is 120 Å². The molecule has 0 radical (unpaired) electrons. The molecular weight excluding hydrogens is 376 g/mol. The van der Waals surface area contributed by atoms with Crippen LogP contribution in [0.25, 0.3) is 0 Å². The average Bonchev–Trinajstić information content (AvgIpc) is 3.10. The van der Waals surface area contributed by atoms with Gasteiger partial charge in [0.1, 0.15) is 5.78 Å². The van der Waals surface area contributed by atoms with Gasteiger partial charge in [-0.1, -0.05) is 57.4 Å². The van der Waals surface area contributed by atoms with E-state index in [1.807, 2.05) is 19.4 Å². The molecular formula is C30H50O. The average molecular weight is 427 g/mol. The molecule has 1 nitrogen and oxygen atoms in total. The Morgan fingerprint density at radius 3 is 2.16 bits per heavy atom. The SMILES string of the molecule is CC.CC(C)=CCC/C(C)=C1/CC[C@@]2(C)C1CC[C@@H]1C2CCC2[C@@H](C)C(=O)CC[C@@]21C. The number of hydrogen-bond donors (Lipinski definition) is 0. The van der Waals surface area contributed by atoms with Crippen molar-refractivity contribution < 1.29 is 4.79 Å². The van der Waals surface area contributed by atoms with Gasteiger partial charge >= 0.3 is 0 Å². The van der Waals surface area contributed by atoms with Crippen LogP contribution in [0.2, 0.25) is 0 Å². The summed E-state index contributed by atoms with van der Waals surface area (Å²) in [6, 6.07) is 0. The zero-order valence-corrected chi connectivity index (χ0v) is 21.9. The van der Waals surface area contributed by atoms with E-state index < -0.39 is 0 Å². The summed E-state index contributed by atoms with van der Waals surface area (Å²) in [6.45, 7) is 18.3. The van der Waals surface area contributed by atoms with E-state index in [9.17, 15) is 4.79 Å². The number of allylic oxidation sites excluding steroid dienone is 4. The molecule has 4 aliphatic rings. The van der Waals surface area contributed by atoms with Gasteiger partial charge in [-0.3, -0.25) is 4.79 Å². The van der Waals surface area contributed by atoms with Gasteiger partial charge in [-0.25, -0.2) is 0 Å². The summed E-state index contributed by atoms with van der Waals surface area (Å²) in [5.74, 6) is 4.06. The molecule has 4 rings (SSSR count). The normalized spacial score (nSPS) is 43.1. The molecule has 176 valence electrons. The molecule has 0 aromatic heterocycles. The molecule has 0 aliphatic heterocycles. The Morgan fingerprint density at radius 2 is 1.48 bits per heavy atom. The van der Waals surface area contributed by atoms with Crippen LogP contribution >= 0.6 is 0 Å². The van der Waals surface area contributed by atoms with E-state index in [0.29, 0.717) is 28.4 Å². The van der Waals surface area contributed by atoms with Gasteiger partial charge in [0.25, 0.3) is 0 Å². The van der Waals surface area contributed by atoms with Gasteiger partial charge in [-0.15, -0.1) is 0 Å². The number of ketones is 1. The summed E-state index contributed by atoms with van der Waals surface area (Å²) in [5.41, 5.74) is 5.91. The summed E-state index contributed by atoms with van der Waals surface area (Å²) in [6.07, 6.45) is 15.1. The Bertz CT molecular complexity index is 723. The zero-order chi connectivity index (χ0) is 23.0. The lowest BCUT2D eigenvalue weighted by molar-refractivity contribution is -0.151. The highest BCUT2D eigenvalue weighted by Crippen LogP contribution is 2.68. The van der Waals surface area contributed by atoms with E-state index in [-0.39, 0.29) is 0 Å². The molecule has 3 unspecified atom stereocenters. The molecule has 0 heterocycles. The number of Topliss-reactive ketones (excluding diaryl/α,β-unsaturated/α-hetero) is 1. The second-order valence-electron chi connectivity index (χ2n) is 11.9. The maximum atomic E-state index is 12.4. The van der Waals surface area contributed by atoms with Crippen molar-refractivity contribution in [1.29, 1.82) is 0 Å². The van der Waals surface area contributed by atoms with Crippen molar-refractivity contribution in [3.63, 3.8) is 0 Å². The van der Waals surface area contributed by atoms with Crippen molar-refractivity contribution in [1.82, 2.24) is 0 Å². The van der Waals surface area contributed by atoms with Crippen LogP contribution in [-0.4, -0.2) is 5.78 Å².